The molecule has 114 valence electrons. The molecule has 1 aromatic carbocycles. The zero-order chi connectivity index (χ0) is 15.0. The number of alkyl halides is 3. The number of hydrogen-bond donors (Lipinski definition) is 1. The first-order valence-electron chi connectivity index (χ1n) is 6.99. The van der Waals surface area contributed by atoms with Crippen LogP contribution in [-0.2, 0) is 12.6 Å². The third-order valence-electron chi connectivity index (χ3n) is 3.16. The Labute approximate surface area is 119 Å². The molecule has 1 rings (SSSR count). The molecular formula is C15H23F3N2. The van der Waals surface area contributed by atoms with E-state index in [1.54, 1.807) is 12.1 Å². The highest BCUT2D eigenvalue weighted by Crippen LogP contribution is 2.29. The summed E-state index contributed by atoms with van der Waals surface area (Å²) < 4.78 is 37.3. The summed E-state index contributed by atoms with van der Waals surface area (Å²) in [6.45, 7) is 5.88. The maximum atomic E-state index is 12.4. The van der Waals surface area contributed by atoms with Crippen LogP contribution in [0.15, 0.2) is 24.3 Å². The van der Waals surface area contributed by atoms with E-state index in [-0.39, 0.29) is 0 Å². The van der Waals surface area contributed by atoms with Gasteiger partial charge in [0.2, 0.25) is 0 Å². The van der Waals surface area contributed by atoms with E-state index < -0.39 is 11.7 Å². The topological polar surface area (TPSA) is 15.3 Å². The van der Waals surface area contributed by atoms with E-state index >= 15 is 0 Å². The van der Waals surface area contributed by atoms with Gasteiger partial charge in [0, 0.05) is 19.6 Å². The number of halogens is 3. The fourth-order valence-electron chi connectivity index (χ4n) is 1.86. The molecule has 0 fully saturated rings. The summed E-state index contributed by atoms with van der Waals surface area (Å²) >= 11 is 0. The van der Waals surface area contributed by atoms with Crippen LogP contribution in [-0.4, -0.2) is 38.1 Å². The largest absolute Gasteiger partial charge is 0.416 e. The summed E-state index contributed by atoms with van der Waals surface area (Å²) in [7, 11) is 2.03. The van der Waals surface area contributed by atoms with Gasteiger partial charge in [-0.1, -0.05) is 19.1 Å². The zero-order valence-electron chi connectivity index (χ0n) is 12.1. The van der Waals surface area contributed by atoms with E-state index in [1.807, 2.05) is 7.05 Å². The van der Waals surface area contributed by atoms with Gasteiger partial charge in [-0.3, -0.25) is 0 Å². The van der Waals surface area contributed by atoms with E-state index in [1.165, 1.54) is 0 Å². The molecule has 0 amide bonds. The first-order valence-corrected chi connectivity index (χ1v) is 6.99. The lowest BCUT2D eigenvalue weighted by Crippen LogP contribution is -2.31. The highest BCUT2D eigenvalue weighted by molar-refractivity contribution is 5.24. The maximum Gasteiger partial charge on any atom is 0.416 e. The molecule has 0 bridgehead atoms. The summed E-state index contributed by atoms with van der Waals surface area (Å²) in [6.07, 6.45) is -2.36. The monoisotopic (exact) mass is 288 g/mol. The molecule has 0 saturated carbocycles. The van der Waals surface area contributed by atoms with Gasteiger partial charge < -0.3 is 10.2 Å². The second-order valence-electron chi connectivity index (χ2n) is 5.00. The number of nitrogens with one attached hydrogen (secondary N) is 1. The average Bonchev–Trinajstić information content (AvgIpc) is 2.41. The van der Waals surface area contributed by atoms with Gasteiger partial charge in [0.1, 0.15) is 0 Å². The molecule has 0 saturated heterocycles. The normalized spacial score (nSPS) is 12.1. The Kier molecular flexibility index (Phi) is 7.02. The van der Waals surface area contributed by atoms with Gasteiger partial charge in [-0.15, -0.1) is 0 Å². The number of likely N-dealkylation sites (N-methyl/N-ethyl adjacent to an activating group) is 1. The molecule has 20 heavy (non-hydrogen) atoms. The molecule has 0 aliphatic carbocycles. The molecule has 0 atom stereocenters. The number of rotatable bonds is 8. The molecular weight excluding hydrogens is 265 g/mol. The summed E-state index contributed by atoms with van der Waals surface area (Å²) in [5.41, 5.74) is 0.352. The van der Waals surface area contributed by atoms with Crippen molar-refractivity contribution in [1.82, 2.24) is 10.2 Å². The quantitative estimate of drug-likeness (QED) is 0.739. The van der Waals surface area contributed by atoms with E-state index in [2.05, 4.69) is 17.1 Å². The Balaban J connectivity index is 2.31. The van der Waals surface area contributed by atoms with Crippen LogP contribution >= 0.6 is 0 Å². The maximum absolute atomic E-state index is 12.4. The van der Waals surface area contributed by atoms with Gasteiger partial charge in [-0.2, -0.15) is 13.2 Å². The van der Waals surface area contributed by atoms with Crippen LogP contribution in [0.1, 0.15) is 24.5 Å². The van der Waals surface area contributed by atoms with Crippen molar-refractivity contribution in [3.8, 4) is 0 Å². The van der Waals surface area contributed by atoms with Gasteiger partial charge in [0.15, 0.2) is 0 Å². The highest BCUT2D eigenvalue weighted by Gasteiger charge is 2.29. The molecule has 0 unspecified atom stereocenters. The Morgan fingerprint density at radius 2 is 1.70 bits per heavy atom. The van der Waals surface area contributed by atoms with E-state index in [9.17, 15) is 13.2 Å². The van der Waals surface area contributed by atoms with Crippen molar-refractivity contribution in [2.24, 2.45) is 0 Å². The third kappa shape index (κ3) is 6.39. The van der Waals surface area contributed by atoms with E-state index in [0.717, 1.165) is 56.7 Å². The zero-order valence-corrected chi connectivity index (χ0v) is 12.1. The van der Waals surface area contributed by atoms with Crippen LogP contribution in [0, 0.1) is 0 Å². The summed E-state index contributed by atoms with van der Waals surface area (Å²) in [5, 5.41) is 3.32. The number of hydrogen-bond acceptors (Lipinski definition) is 2. The van der Waals surface area contributed by atoms with Gasteiger partial charge >= 0.3 is 6.18 Å². The van der Waals surface area contributed by atoms with Gasteiger partial charge in [0.25, 0.3) is 0 Å². The highest BCUT2D eigenvalue weighted by atomic mass is 19.4. The summed E-state index contributed by atoms with van der Waals surface area (Å²) in [6, 6.07) is 5.42. The Morgan fingerprint density at radius 1 is 1.05 bits per heavy atom. The average molecular weight is 288 g/mol. The predicted molar refractivity (Wildman–Crippen MR) is 75.8 cm³/mol. The lowest BCUT2D eigenvalue weighted by Gasteiger charge is -2.17. The van der Waals surface area contributed by atoms with Gasteiger partial charge in [0.05, 0.1) is 5.56 Å². The molecule has 0 heterocycles. The van der Waals surface area contributed by atoms with E-state index in [4.69, 9.17) is 0 Å². The first-order chi connectivity index (χ1) is 9.43. The van der Waals surface area contributed by atoms with Crippen LogP contribution in [0.4, 0.5) is 13.2 Å². The van der Waals surface area contributed by atoms with Crippen molar-refractivity contribution in [3.05, 3.63) is 35.4 Å². The van der Waals surface area contributed by atoms with Crippen LogP contribution in [0.2, 0.25) is 0 Å². The fraction of sp³-hybridized carbons (Fsp3) is 0.600. The standard InChI is InChI=1S/C15H23F3N2/c1-3-9-19-10-12-20(2)11-8-13-4-6-14(7-5-13)15(16,17)18/h4-7,19H,3,8-12H2,1-2H3. The Bertz CT molecular complexity index is 374. The first kappa shape index (κ1) is 17.0. The third-order valence-corrected chi connectivity index (χ3v) is 3.16. The molecule has 1 N–H and O–H groups in total. The Hall–Kier alpha value is -1.07. The second kappa shape index (κ2) is 8.27. The lowest BCUT2D eigenvalue weighted by molar-refractivity contribution is -0.137. The molecule has 2 nitrogen and oxygen atoms in total. The minimum atomic E-state index is -4.25. The van der Waals surface area contributed by atoms with Crippen LogP contribution < -0.4 is 5.32 Å². The molecule has 0 radical (unpaired) electrons. The smallest absolute Gasteiger partial charge is 0.315 e. The van der Waals surface area contributed by atoms with Crippen molar-refractivity contribution in [3.63, 3.8) is 0 Å². The number of benzene rings is 1. The Morgan fingerprint density at radius 3 is 2.25 bits per heavy atom. The van der Waals surface area contributed by atoms with Crippen LogP contribution in [0.25, 0.3) is 0 Å². The minimum absolute atomic E-state index is 0.585. The van der Waals surface area contributed by atoms with E-state index in [0.29, 0.717) is 0 Å². The summed E-state index contributed by atoms with van der Waals surface area (Å²) in [5.74, 6) is 0. The molecule has 1 aromatic rings. The molecule has 0 aliphatic rings. The van der Waals surface area contributed by atoms with Gasteiger partial charge in [-0.05, 0) is 44.1 Å². The van der Waals surface area contributed by atoms with Crippen LogP contribution in [0.3, 0.4) is 0 Å². The SMILES string of the molecule is CCCNCCN(C)CCc1ccc(C(F)(F)F)cc1. The minimum Gasteiger partial charge on any atom is -0.315 e. The van der Waals surface area contributed by atoms with Crippen molar-refractivity contribution in [1.29, 1.82) is 0 Å². The second-order valence-corrected chi connectivity index (χ2v) is 5.00. The van der Waals surface area contributed by atoms with Crippen molar-refractivity contribution in [2.75, 3.05) is 33.2 Å². The summed E-state index contributed by atoms with van der Waals surface area (Å²) in [4.78, 5) is 2.18. The molecule has 0 aliphatic heterocycles. The molecule has 0 aromatic heterocycles. The van der Waals surface area contributed by atoms with Crippen molar-refractivity contribution >= 4 is 0 Å². The van der Waals surface area contributed by atoms with Crippen molar-refractivity contribution < 1.29 is 13.2 Å². The molecule has 5 heteroatoms. The van der Waals surface area contributed by atoms with Crippen LogP contribution in [0.5, 0.6) is 0 Å². The fourth-order valence-corrected chi connectivity index (χ4v) is 1.86. The lowest BCUT2D eigenvalue weighted by atomic mass is 10.1. The number of nitrogens with zero attached hydrogens (tertiary/aromatic N) is 1. The van der Waals surface area contributed by atoms with Gasteiger partial charge in [-0.25, -0.2) is 0 Å². The molecule has 0 spiro atoms. The van der Waals surface area contributed by atoms with Crippen molar-refractivity contribution in [2.45, 2.75) is 25.9 Å². The predicted octanol–water partition coefficient (Wildman–Crippen LogP) is 3.18.